The number of amidine groups is 1. The van der Waals surface area contributed by atoms with Gasteiger partial charge in [-0.2, -0.15) is 0 Å². The van der Waals surface area contributed by atoms with Gasteiger partial charge in [0.15, 0.2) is 5.17 Å². The summed E-state index contributed by atoms with van der Waals surface area (Å²) in [5, 5.41) is 3.67. The highest BCUT2D eigenvalue weighted by Crippen LogP contribution is 2.28. The monoisotopic (exact) mass is 377 g/mol. The molecule has 0 aliphatic carbocycles. The molecule has 0 radical (unpaired) electrons. The number of carbonyl (C=O) groups excluding carboxylic acids is 1. The molecule has 3 rings (SSSR count). The van der Waals surface area contributed by atoms with Gasteiger partial charge in [0.25, 0.3) is 0 Å². The standard InChI is InChI=1S/C18H17ClFN3OS/c1-11-3-6-14(7-4-11)23(18-21-10-12(2)25-18)17(24)22-13-5-8-16(20)15(19)9-13/h3-9,12H,10H2,1-2H3,(H,22,24). The molecule has 0 bridgehead atoms. The van der Waals surface area contributed by atoms with Gasteiger partial charge in [0.1, 0.15) is 5.82 Å². The van der Waals surface area contributed by atoms with E-state index in [-0.39, 0.29) is 11.1 Å². The summed E-state index contributed by atoms with van der Waals surface area (Å²) >= 11 is 7.34. The minimum Gasteiger partial charge on any atom is -0.307 e. The van der Waals surface area contributed by atoms with E-state index in [1.165, 1.54) is 23.1 Å². The molecule has 0 fully saturated rings. The lowest BCUT2D eigenvalue weighted by molar-refractivity contribution is 0.259. The molecule has 1 aliphatic heterocycles. The molecule has 2 aromatic carbocycles. The first-order valence-corrected chi connectivity index (χ1v) is 9.04. The zero-order chi connectivity index (χ0) is 18.0. The first-order valence-electron chi connectivity index (χ1n) is 7.78. The van der Waals surface area contributed by atoms with E-state index in [0.29, 0.717) is 22.6 Å². The number of aryl methyl sites for hydroxylation is 1. The number of aliphatic imine (C=N–C) groups is 1. The van der Waals surface area contributed by atoms with Crippen LogP contribution in [-0.2, 0) is 0 Å². The van der Waals surface area contributed by atoms with Crippen molar-refractivity contribution < 1.29 is 9.18 Å². The van der Waals surface area contributed by atoms with Crippen LogP contribution in [0.5, 0.6) is 0 Å². The lowest BCUT2D eigenvalue weighted by atomic mass is 10.2. The second-order valence-electron chi connectivity index (χ2n) is 5.78. The van der Waals surface area contributed by atoms with Crippen LogP contribution in [0.15, 0.2) is 47.5 Å². The number of nitrogens with one attached hydrogen (secondary N) is 1. The van der Waals surface area contributed by atoms with Crippen LogP contribution in [0.25, 0.3) is 0 Å². The molecule has 130 valence electrons. The van der Waals surface area contributed by atoms with Gasteiger partial charge in [-0.3, -0.25) is 4.99 Å². The molecule has 2 amide bonds. The van der Waals surface area contributed by atoms with Gasteiger partial charge in [0.2, 0.25) is 0 Å². The molecule has 2 aromatic rings. The van der Waals surface area contributed by atoms with Crippen LogP contribution in [0, 0.1) is 12.7 Å². The molecule has 0 aromatic heterocycles. The van der Waals surface area contributed by atoms with Crippen molar-refractivity contribution >= 4 is 45.9 Å². The topological polar surface area (TPSA) is 44.7 Å². The quantitative estimate of drug-likeness (QED) is 0.770. The molecule has 1 heterocycles. The van der Waals surface area contributed by atoms with Gasteiger partial charge in [0, 0.05) is 10.9 Å². The Labute approximate surface area is 155 Å². The predicted octanol–water partition coefficient (Wildman–Crippen LogP) is 5.32. The summed E-state index contributed by atoms with van der Waals surface area (Å²) in [6, 6.07) is 11.3. The highest BCUT2D eigenvalue weighted by molar-refractivity contribution is 8.15. The second kappa shape index (κ2) is 7.45. The van der Waals surface area contributed by atoms with Crippen LogP contribution in [0.1, 0.15) is 12.5 Å². The summed E-state index contributed by atoms with van der Waals surface area (Å²) in [4.78, 5) is 18.9. The van der Waals surface area contributed by atoms with E-state index in [2.05, 4.69) is 17.2 Å². The van der Waals surface area contributed by atoms with E-state index in [0.717, 1.165) is 11.3 Å². The predicted molar refractivity (Wildman–Crippen MR) is 103 cm³/mol. The van der Waals surface area contributed by atoms with Gasteiger partial charge < -0.3 is 5.32 Å². The molecule has 1 atom stereocenters. The third-order valence-corrected chi connectivity index (χ3v) is 5.01. The summed E-state index contributed by atoms with van der Waals surface area (Å²) in [5.74, 6) is -0.528. The Kier molecular flexibility index (Phi) is 5.30. The Balaban J connectivity index is 1.89. The Morgan fingerprint density at radius 3 is 2.64 bits per heavy atom. The molecule has 0 spiro atoms. The number of nitrogens with zero attached hydrogens (tertiary/aromatic N) is 2. The van der Waals surface area contributed by atoms with Crippen LogP contribution < -0.4 is 10.2 Å². The number of rotatable bonds is 2. The maximum Gasteiger partial charge on any atom is 0.332 e. The highest BCUT2D eigenvalue weighted by Gasteiger charge is 2.27. The first-order chi connectivity index (χ1) is 11.9. The Morgan fingerprint density at radius 2 is 2.04 bits per heavy atom. The van der Waals surface area contributed by atoms with E-state index in [1.54, 1.807) is 11.8 Å². The van der Waals surface area contributed by atoms with Crippen molar-refractivity contribution in [3.63, 3.8) is 0 Å². The summed E-state index contributed by atoms with van der Waals surface area (Å²) in [5.41, 5.74) is 2.24. The van der Waals surface area contributed by atoms with Gasteiger partial charge in [-0.15, -0.1) is 0 Å². The largest absolute Gasteiger partial charge is 0.332 e. The fourth-order valence-corrected chi connectivity index (χ4v) is 3.48. The van der Waals surface area contributed by atoms with Gasteiger partial charge >= 0.3 is 6.03 Å². The van der Waals surface area contributed by atoms with Crippen molar-refractivity contribution in [3.05, 3.63) is 58.9 Å². The van der Waals surface area contributed by atoms with E-state index in [1.807, 2.05) is 31.2 Å². The SMILES string of the molecule is Cc1ccc(N(C(=O)Nc2ccc(F)c(Cl)c2)C2=NCC(C)S2)cc1. The number of hydrogen-bond acceptors (Lipinski definition) is 3. The van der Waals surface area contributed by atoms with Gasteiger partial charge in [-0.1, -0.05) is 48.0 Å². The van der Waals surface area contributed by atoms with Crippen LogP contribution in [0.2, 0.25) is 5.02 Å². The number of urea groups is 1. The lowest BCUT2D eigenvalue weighted by Crippen LogP contribution is -2.38. The number of carbonyl (C=O) groups is 1. The smallest absolute Gasteiger partial charge is 0.307 e. The number of halogens is 2. The van der Waals surface area contributed by atoms with Gasteiger partial charge in [-0.25, -0.2) is 14.1 Å². The molecule has 1 unspecified atom stereocenters. The Morgan fingerprint density at radius 1 is 1.32 bits per heavy atom. The van der Waals surface area contributed by atoms with Crippen LogP contribution in [0.4, 0.5) is 20.6 Å². The van der Waals surface area contributed by atoms with Crippen molar-refractivity contribution in [3.8, 4) is 0 Å². The van der Waals surface area contributed by atoms with E-state index < -0.39 is 5.82 Å². The molecular weight excluding hydrogens is 361 g/mol. The van der Waals surface area contributed by atoms with Crippen LogP contribution in [-0.4, -0.2) is 23.0 Å². The molecule has 25 heavy (non-hydrogen) atoms. The summed E-state index contributed by atoms with van der Waals surface area (Å²) in [6.07, 6.45) is 0. The van der Waals surface area contributed by atoms with Gasteiger partial charge in [0.05, 0.1) is 17.3 Å². The third kappa shape index (κ3) is 4.14. The summed E-state index contributed by atoms with van der Waals surface area (Å²) < 4.78 is 13.3. The molecule has 0 saturated heterocycles. The Hall–Kier alpha value is -2.05. The molecule has 1 N–H and O–H groups in total. The second-order valence-corrected chi connectivity index (χ2v) is 7.59. The molecule has 4 nitrogen and oxygen atoms in total. The third-order valence-electron chi connectivity index (χ3n) is 3.65. The minimum absolute atomic E-state index is 0.0408. The molecule has 7 heteroatoms. The van der Waals surface area contributed by atoms with E-state index in [4.69, 9.17) is 11.6 Å². The lowest BCUT2D eigenvalue weighted by Gasteiger charge is -2.23. The molecular formula is C18H17ClFN3OS. The molecule has 0 saturated carbocycles. The number of anilines is 2. The zero-order valence-electron chi connectivity index (χ0n) is 13.8. The fraction of sp³-hybridized carbons (Fsp3) is 0.222. The fourth-order valence-electron chi connectivity index (χ4n) is 2.35. The number of thioether (sulfide) groups is 1. The molecule has 1 aliphatic rings. The number of hydrogen-bond donors (Lipinski definition) is 1. The summed E-state index contributed by atoms with van der Waals surface area (Å²) in [7, 11) is 0. The van der Waals surface area contributed by atoms with Gasteiger partial charge in [-0.05, 0) is 37.3 Å². The normalized spacial score (nSPS) is 16.5. The van der Waals surface area contributed by atoms with E-state index in [9.17, 15) is 9.18 Å². The number of amides is 2. The van der Waals surface area contributed by atoms with Crippen LogP contribution >= 0.6 is 23.4 Å². The minimum atomic E-state index is -0.528. The maximum absolute atomic E-state index is 13.3. The Bertz CT molecular complexity index is 826. The average Bonchev–Trinajstić information content (AvgIpc) is 2.99. The highest BCUT2D eigenvalue weighted by atomic mass is 35.5. The number of benzene rings is 2. The maximum atomic E-state index is 13.3. The van der Waals surface area contributed by atoms with Crippen molar-refractivity contribution in [1.29, 1.82) is 0 Å². The first kappa shape index (κ1) is 17.8. The van der Waals surface area contributed by atoms with Crippen molar-refractivity contribution in [2.75, 3.05) is 16.8 Å². The zero-order valence-corrected chi connectivity index (χ0v) is 15.4. The van der Waals surface area contributed by atoms with Crippen molar-refractivity contribution in [1.82, 2.24) is 0 Å². The summed E-state index contributed by atoms with van der Waals surface area (Å²) in [6.45, 7) is 4.71. The van der Waals surface area contributed by atoms with E-state index >= 15 is 0 Å². The van der Waals surface area contributed by atoms with Crippen molar-refractivity contribution in [2.45, 2.75) is 19.1 Å². The van der Waals surface area contributed by atoms with Crippen molar-refractivity contribution in [2.24, 2.45) is 4.99 Å². The van der Waals surface area contributed by atoms with Crippen LogP contribution in [0.3, 0.4) is 0 Å². The average molecular weight is 378 g/mol.